The minimum atomic E-state index is -3.60. The number of benzene rings is 1. The maximum absolute atomic E-state index is 11.9. The number of nitrogens with one attached hydrogen (secondary N) is 1. The van der Waals surface area contributed by atoms with Gasteiger partial charge in [-0.1, -0.05) is 18.2 Å². The second-order valence-corrected chi connectivity index (χ2v) is 5.18. The highest BCUT2D eigenvalue weighted by Gasteiger charge is 2.14. The predicted octanol–water partition coefficient (Wildman–Crippen LogP) is 1.59. The van der Waals surface area contributed by atoms with Crippen molar-refractivity contribution in [3.63, 3.8) is 0 Å². The Morgan fingerprint density at radius 1 is 1.06 bits per heavy atom. The summed E-state index contributed by atoms with van der Waals surface area (Å²) in [5, 5.41) is 0. The third-order valence-electron chi connectivity index (χ3n) is 2.06. The molecule has 6 heteroatoms. The molecule has 17 heavy (non-hydrogen) atoms. The number of hydrogen-bond donors (Lipinski definition) is 1. The summed E-state index contributed by atoms with van der Waals surface area (Å²) in [6, 6.07) is 8.09. The van der Waals surface area contributed by atoms with Gasteiger partial charge >= 0.3 is 0 Å². The monoisotopic (exact) mass is 249 g/mol. The Morgan fingerprint density at radius 2 is 1.65 bits per heavy atom. The quantitative estimate of drug-likeness (QED) is 0.896. The van der Waals surface area contributed by atoms with E-state index in [2.05, 4.69) is 14.7 Å². The van der Waals surface area contributed by atoms with Gasteiger partial charge in [-0.15, -0.1) is 0 Å². The number of hydrogen-bond acceptors (Lipinski definition) is 4. The Hall–Kier alpha value is -1.95. The fourth-order valence-electron chi connectivity index (χ4n) is 1.22. The molecule has 0 aliphatic rings. The van der Waals surface area contributed by atoms with Gasteiger partial charge in [0.2, 0.25) is 5.95 Å². The fraction of sp³-hybridized carbons (Fsp3) is 0.0909. The first-order chi connectivity index (χ1) is 8.08. The first kappa shape index (κ1) is 11.5. The maximum atomic E-state index is 11.9. The molecule has 0 unspecified atom stereocenters. The average Bonchev–Trinajstić information content (AvgIpc) is 2.33. The van der Waals surface area contributed by atoms with Gasteiger partial charge in [-0.2, -0.15) is 0 Å². The van der Waals surface area contributed by atoms with E-state index in [4.69, 9.17) is 0 Å². The molecule has 0 spiro atoms. The summed E-state index contributed by atoms with van der Waals surface area (Å²) in [6.45, 7) is 1.83. The smallest absolute Gasteiger partial charge is 0.247 e. The third-order valence-corrected chi connectivity index (χ3v) is 3.40. The summed E-state index contributed by atoms with van der Waals surface area (Å²) in [4.78, 5) is 7.96. The lowest BCUT2D eigenvalue weighted by molar-refractivity contribution is 0.601. The van der Waals surface area contributed by atoms with Crippen LogP contribution in [0.4, 0.5) is 5.95 Å². The molecule has 0 amide bonds. The van der Waals surface area contributed by atoms with E-state index in [0.29, 0.717) is 0 Å². The van der Waals surface area contributed by atoms with Crippen molar-refractivity contribution in [3.05, 3.63) is 48.3 Å². The van der Waals surface area contributed by atoms with Crippen LogP contribution in [-0.2, 0) is 10.0 Å². The van der Waals surface area contributed by atoms with Crippen molar-refractivity contribution >= 4 is 16.0 Å². The zero-order valence-corrected chi connectivity index (χ0v) is 9.98. The van der Waals surface area contributed by atoms with Gasteiger partial charge in [0.25, 0.3) is 10.0 Å². The third kappa shape index (κ3) is 2.79. The van der Waals surface area contributed by atoms with Crippen molar-refractivity contribution in [2.45, 2.75) is 11.8 Å². The summed E-state index contributed by atoms with van der Waals surface area (Å²) in [5.74, 6) is 0.0689. The lowest BCUT2D eigenvalue weighted by atomic mass is 10.4. The molecule has 1 heterocycles. The van der Waals surface area contributed by atoms with Crippen LogP contribution in [0.15, 0.2) is 47.6 Å². The summed E-state index contributed by atoms with van der Waals surface area (Å²) in [5.41, 5.74) is 0.868. The molecule has 0 saturated carbocycles. The Bertz CT molecular complexity index is 594. The van der Waals surface area contributed by atoms with Crippen LogP contribution in [0.2, 0.25) is 0 Å². The molecule has 0 aliphatic carbocycles. The number of aryl methyl sites for hydroxylation is 1. The lowest BCUT2D eigenvalue weighted by Crippen LogP contribution is -2.14. The molecule has 0 atom stereocenters. The zero-order valence-electron chi connectivity index (χ0n) is 9.16. The molecule has 0 aliphatic heterocycles. The summed E-state index contributed by atoms with van der Waals surface area (Å²) >= 11 is 0. The molecule has 0 radical (unpaired) electrons. The molecular weight excluding hydrogens is 238 g/mol. The minimum absolute atomic E-state index is 0.0689. The first-order valence-electron chi connectivity index (χ1n) is 4.94. The molecule has 88 valence electrons. The Kier molecular flexibility index (Phi) is 3.06. The maximum Gasteiger partial charge on any atom is 0.264 e. The predicted molar refractivity (Wildman–Crippen MR) is 64.0 cm³/mol. The van der Waals surface area contributed by atoms with Crippen molar-refractivity contribution in [3.8, 4) is 0 Å². The second-order valence-electron chi connectivity index (χ2n) is 3.50. The molecule has 2 aromatic rings. The van der Waals surface area contributed by atoms with Crippen molar-refractivity contribution in [2.75, 3.05) is 4.72 Å². The van der Waals surface area contributed by atoms with Gasteiger partial charge in [-0.25, -0.2) is 23.1 Å². The molecule has 0 saturated heterocycles. The first-order valence-corrected chi connectivity index (χ1v) is 6.43. The minimum Gasteiger partial charge on any atom is -0.247 e. The van der Waals surface area contributed by atoms with Crippen LogP contribution in [0, 0.1) is 6.92 Å². The summed E-state index contributed by atoms with van der Waals surface area (Å²) < 4.78 is 26.1. The van der Waals surface area contributed by atoms with E-state index in [1.165, 1.54) is 12.1 Å². The molecule has 5 nitrogen and oxygen atoms in total. The highest BCUT2D eigenvalue weighted by atomic mass is 32.2. The summed E-state index contributed by atoms with van der Waals surface area (Å²) in [7, 11) is -3.60. The fourth-order valence-corrected chi connectivity index (χ4v) is 2.20. The van der Waals surface area contributed by atoms with Crippen LogP contribution in [-0.4, -0.2) is 18.4 Å². The number of sulfonamides is 1. The average molecular weight is 249 g/mol. The standard InChI is InChI=1S/C11H11N3O2S/c1-9-7-12-11(13-8-9)14-17(15,16)10-5-3-2-4-6-10/h2-8H,1H3,(H,12,13,14). The Labute approximate surface area is 99.6 Å². The SMILES string of the molecule is Cc1cnc(NS(=O)(=O)c2ccccc2)nc1. The van der Waals surface area contributed by atoms with Crippen LogP contribution in [0.3, 0.4) is 0 Å². The largest absolute Gasteiger partial charge is 0.264 e. The number of aromatic nitrogens is 2. The highest BCUT2D eigenvalue weighted by Crippen LogP contribution is 2.11. The second kappa shape index (κ2) is 4.50. The lowest BCUT2D eigenvalue weighted by Gasteiger charge is -2.05. The molecule has 0 bridgehead atoms. The van der Waals surface area contributed by atoms with E-state index >= 15 is 0 Å². The molecule has 1 aromatic heterocycles. The van der Waals surface area contributed by atoms with Crippen molar-refractivity contribution in [2.24, 2.45) is 0 Å². The van der Waals surface area contributed by atoms with E-state index in [-0.39, 0.29) is 10.8 Å². The summed E-state index contributed by atoms with van der Waals surface area (Å²) in [6.07, 6.45) is 3.10. The molecule has 2 rings (SSSR count). The molecule has 1 aromatic carbocycles. The number of nitrogens with zero attached hydrogens (tertiary/aromatic N) is 2. The van der Waals surface area contributed by atoms with Crippen LogP contribution >= 0.6 is 0 Å². The normalized spacial score (nSPS) is 11.1. The Morgan fingerprint density at radius 3 is 2.24 bits per heavy atom. The van der Waals surface area contributed by atoms with Crippen LogP contribution in [0.1, 0.15) is 5.56 Å². The van der Waals surface area contributed by atoms with Gasteiger partial charge in [0.15, 0.2) is 0 Å². The van der Waals surface area contributed by atoms with Crippen LogP contribution in [0.5, 0.6) is 0 Å². The van der Waals surface area contributed by atoms with Gasteiger partial charge < -0.3 is 0 Å². The van der Waals surface area contributed by atoms with Crippen molar-refractivity contribution in [1.29, 1.82) is 0 Å². The van der Waals surface area contributed by atoms with E-state index in [0.717, 1.165) is 5.56 Å². The Balaban J connectivity index is 2.27. The zero-order chi connectivity index (χ0) is 12.3. The van der Waals surface area contributed by atoms with E-state index < -0.39 is 10.0 Å². The van der Waals surface area contributed by atoms with Crippen LogP contribution < -0.4 is 4.72 Å². The molecular formula is C11H11N3O2S. The number of rotatable bonds is 3. The van der Waals surface area contributed by atoms with E-state index in [1.807, 2.05) is 6.92 Å². The van der Waals surface area contributed by atoms with Gasteiger partial charge in [-0.05, 0) is 24.6 Å². The van der Waals surface area contributed by atoms with E-state index in [1.54, 1.807) is 30.6 Å². The van der Waals surface area contributed by atoms with Gasteiger partial charge in [0.05, 0.1) is 4.90 Å². The van der Waals surface area contributed by atoms with Gasteiger partial charge in [0, 0.05) is 12.4 Å². The van der Waals surface area contributed by atoms with Crippen molar-refractivity contribution in [1.82, 2.24) is 9.97 Å². The van der Waals surface area contributed by atoms with E-state index in [9.17, 15) is 8.42 Å². The molecule has 0 fully saturated rings. The van der Waals surface area contributed by atoms with Gasteiger partial charge in [0.1, 0.15) is 0 Å². The van der Waals surface area contributed by atoms with Crippen LogP contribution in [0.25, 0.3) is 0 Å². The van der Waals surface area contributed by atoms with Crippen molar-refractivity contribution < 1.29 is 8.42 Å². The van der Waals surface area contributed by atoms with Gasteiger partial charge in [-0.3, -0.25) is 0 Å². The highest BCUT2D eigenvalue weighted by molar-refractivity contribution is 7.92. The molecule has 1 N–H and O–H groups in total. The topological polar surface area (TPSA) is 72.0 Å². The number of anilines is 1.